The molecular formula is C15H19N3O. The van der Waals surface area contributed by atoms with E-state index in [-0.39, 0.29) is 0 Å². The number of methoxy groups -OCH3 is 1. The topological polar surface area (TPSA) is 37.4 Å². The number of fused-ring (bicyclic) bond motifs is 1. The van der Waals surface area contributed by atoms with Crippen molar-refractivity contribution in [3.63, 3.8) is 0 Å². The molecule has 0 aliphatic carbocycles. The van der Waals surface area contributed by atoms with Crippen molar-refractivity contribution in [2.75, 3.05) is 38.2 Å². The fourth-order valence-electron chi connectivity index (χ4n) is 2.68. The number of pyridine rings is 1. The van der Waals surface area contributed by atoms with E-state index in [2.05, 4.69) is 33.4 Å². The third-order valence-corrected chi connectivity index (χ3v) is 3.61. The van der Waals surface area contributed by atoms with Gasteiger partial charge in [-0.05, 0) is 30.5 Å². The van der Waals surface area contributed by atoms with Crippen molar-refractivity contribution in [1.29, 1.82) is 0 Å². The number of aromatic nitrogens is 1. The minimum atomic E-state index is 0.713. The number of benzene rings is 1. The van der Waals surface area contributed by atoms with Gasteiger partial charge in [-0.25, -0.2) is 4.98 Å². The van der Waals surface area contributed by atoms with Gasteiger partial charge in [0.15, 0.2) is 0 Å². The Morgan fingerprint density at radius 3 is 3.05 bits per heavy atom. The lowest BCUT2D eigenvalue weighted by molar-refractivity contribution is 0.403. The monoisotopic (exact) mass is 257 g/mol. The highest BCUT2D eigenvalue weighted by atomic mass is 16.5. The van der Waals surface area contributed by atoms with Crippen LogP contribution in [-0.2, 0) is 0 Å². The van der Waals surface area contributed by atoms with Gasteiger partial charge < -0.3 is 15.0 Å². The maximum Gasteiger partial charge on any atom is 0.223 e. The van der Waals surface area contributed by atoms with Gasteiger partial charge in [-0.2, -0.15) is 0 Å². The van der Waals surface area contributed by atoms with E-state index in [0.717, 1.165) is 31.6 Å². The van der Waals surface area contributed by atoms with Gasteiger partial charge in [0.25, 0.3) is 0 Å². The van der Waals surface area contributed by atoms with Crippen molar-refractivity contribution in [3.05, 3.63) is 30.5 Å². The van der Waals surface area contributed by atoms with Crippen LogP contribution in [-0.4, -0.2) is 38.3 Å². The summed E-state index contributed by atoms with van der Waals surface area (Å²) in [5.41, 5.74) is 1.23. The van der Waals surface area contributed by atoms with E-state index in [9.17, 15) is 0 Å². The van der Waals surface area contributed by atoms with E-state index in [0.29, 0.717) is 5.88 Å². The molecule has 1 aliphatic heterocycles. The molecule has 1 N–H and O–H groups in total. The molecule has 1 aliphatic rings. The first-order chi connectivity index (χ1) is 9.40. The molecular weight excluding hydrogens is 238 g/mol. The van der Waals surface area contributed by atoms with E-state index >= 15 is 0 Å². The quantitative estimate of drug-likeness (QED) is 0.893. The maximum absolute atomic E-state index is 5.44. The highest BCUT2D eigenvalue weighted by molar-refractivity contribution is 5.98. The molecule has 1 aromatic heterocycles. The Morgan fingerprint density at radius 2 is 2.16 bits per heavy atom. The molecule has 3 rings (SSSR count). The third kappa shape index (κ3) is 2.36. The predicted octanol–water partition coefficient (Wildman–Crippen LogP) is 2.04. The van der Waals surface area contributed by atoms with E-state index < -0.39 is 0 Å². The fraction of sp³-hybridized carbons (Fsp3) is 0.400. The lowest BCUT2D eigenvalue weighted by Crippen LogP contribution is -2.28. The van der Waals surface area contributed by atoms with Crippen molar-refractivity contribution in [1.82, 2.24) is 10.3 Å². The number of anilines is 1. The molecule has 0 atom stereocenters. The molecule has 1 aromatic carbocycles. The highest BCUT2D eigenvalue weighted by Crippen LogP contribution is 2.33. The summed E-state index contributed by atoms with van der Waals surface area (Å²) in [6.45, 7) is 4.22. The van der Waals surface area contributed by atoms with Crippen LogP contribution in [0, 0.1) is 0 Å². The van der Waals surface area contributed by atoms with Crippen LogP contribution in [0.2, 0.25) is 0 Å². The van der Waals surface area contributed by atoms with E-state index in [1.807, 2.05) is 6.07 Å². The number of nitrogens with one attached hydrogen (secondary N) is 1. The summed E-state index contributed by atoms with van der Waals surface area (Å²) in [6, 6.07) is 8.42. The first kappa shape index (κ1) is 12.2. The zero-order valence-electron chi connectivity index (χ0n) is 11.2. The fourth-order valence-corrected chi connectivity index (χ4v) is 2.68. The Bertz CT molecular complexity index is 557. The molecule has 100 valence electrons. The third-order valence-electron chi connectivity index (χ3n) is 3.61. The normalized spacial score (nSPS) is 16.4. The van der Waals surface area contributed by atoms with Gasteiger partial charge in [0, 0.05) is 25.8 Å². The summed E-state index contributed by atoms with van der Waals surface area (Å²) in [4.78, 5) is 6.76. The molecule has 19 heavy (non-hydrogen) atoms. The predicted molar refractivity (Wildman–Crippen MR) is 78.0 cm³/mol. The number of rotatable bonds is 2. The minimum Gasteiger partial charge on any atom is -0.480 e. The summed E-state index contributed by atoms with van der Waals surface area (Å²) in [5.74, 6) is 0.713. The Hall–Kier alpha value is -1.81. The van der Waals surface area contributed by atoms with Crippen LogP contribution >= 0.6 is 0 Å². The zero-order chi connectivity index (χ0) is 13.1. The second-order valence-electron chi connectivity index (χ2n) is 4.79. The average molecular weight is 257 g/mol. The first-order valence-corrected chi connectivity index (χ1v) is 6.77. The van der Waals surface area contributed by atoms with E-state index in [4.69, 9.17) is 4.74 Å². The van der Waals surface area contributed by atoms with Crippen molar-refractivity contribution in [2.24, 2.45) is 0 Å². The van der Waals surface area contributed by atoms with Crippen molar-refractivity contribution < 1.29 is 4.74 Å². The van der Waals surface area contributed by atoms with Gasteiger partial charge in [0.05, 0.1) is 18.2 Å². The van der Waals surface area contributed by atoms with E-state index in [1.54, 1.807) is 13.3 Å². The molecule has 1 saturated heterocycles. The van der Waals surface area contributed by atoms with Gasteiger partial charge in [-0.3, -0.25) is 0 Å². The Labute approximate surface area is 113 Å². The Kier molecular flexibility index (Phi) is 3.51. The van der Waals surface area contributed by atoms with Gasteiger partial charge in [0.1, 0.15) is 0 Å². The Balaban J connectivity index is 2.11. The van der Waals surface area contributed by atoms with Crippen molar-refractivity contribution >= 4 is 16.5 Å². The molecule has 0 bridgehead atoms. The molecule has 0 unspecified atom stereocenters. The second-order valence-corrected chi connectivity index (χ2v) is 4.79. The van der Waals surface area contributed by atoms with Crippen LogP contribution < -0.4 is 15.0 Å². The van der Waals surface area contributed by atoms with Crippen LogP contribution in [0.25, 0.3) is 10.8 Å². The molecule has 0 radical (unpaired) electrons. The minimum absolute atomic E-state index is 0.713. The van der Waals surface area contributed by atoms with Gasteiger partial charge >= 0.3 is 0 Å². The lowest BCUT2D eigenvalue weighted by atomic mass is 10.1. The summed E-state index contributed by atoms with van der Waals surface area (Å²) in [7, 11) is 1.68. The van der Waals surface area contributed by atoms with Gasteiger partial charge in [0.2, 0.25) is 5.88 Å². The van der Waals surface area contributed by atoms with Crippen molar-refractivity contribution in [2.45, 2.75) is 6.42 Å². The second kappa shape index (κ2) is 5.45. The van der Waals surface area contributed by atoms with Crippen LogP contribution in [0.5, 0.6) is 5.88 Å². The SMILES string of the molecule is COc1nccc2cccc(N3CCCNCC3)c12. The van der Waals surface area contributed by atoms with Crippen LogP contribution in [0.4, 0.5) is 5.69 Å². The number of ether oxygens (including phenoxy) is 1. The number of hydrogen-bond donors (Lipinski definition) is 1. The maximum atomic E-state index is 5.44. The molecule has 0 amide bonds. The highest BCUT2D eigenvalue weighted by Gasteiger charge is 2.15. The van der Waals surface area contributed by atoms with Crippen molar-refractivity contribution in [3.8, 4) is 5.88 Å². The average Bonchev–Trinajstić information content (AvgIpc) is 2.75. The molecule has 0 spiro atoms. The van der Waals surface area contributed by atoms with E-state index in [1.165, 1.54) is 17.5 Å². The molecule has 4 heteroatoms. The van der Waals surface area contributed by atoms with Crippen LogP contribution in [0.15, 0.2) is 30.5 Å². The smallest absolute Gasteiger partial charge is 0.223 e. The number of nitrogens with zero attached hydrogens (tertiary/aromatic N) is 2. The standard InChI is InChI=1S/C15H19N3O/c1-19-15-14-12(6-8-17-15)4-2-5-13(14)18-10-3-7-16-9-11-18/h2,4-6,8,16H,3,7,9-11H2,1H3. The summed E-state index contributed by atoms with van der Waals surface area (Å²) < 4.78 is 5.44. The first-order valence-electron chi connectivity index (χ1n) is 6.77. The summed E-state index contributed by atoms with van der Waals surface area (Å²) in [6.07, 6.45) is 2.97. The van der Waals surface area contributed by atoms with Crippen LogP contribution in [0.1, 0.15) is 6.42 Å². The largest absolute Gasteiger partial charge is 0.480 e. The lowest BCUT2D eigenvalue weighted by Gasteiger charge is -2.24. The van der Waals surface area contributed by atoms with Gasteiger partial charge in [-0.15, -0.1) is 0 Å². The molecule has 2 aromatic rings. The molecule has 4 nitrogen and oxygen atoms in total. The molecule has 2 heterocycles. The molecule has 1 fully saturated rings. The molecule has 0 saturated carbocycles. The van der Waals surface area contributed by atoms with Gasteiger partial charge in [-0.1, -0.05) is 12.1 Å². The van der Waals surface area contributed by atoms with Crippen LogP contribution in [0.3, 0.4) is 0 Å². The number of hydrogen-bond acceptors (Lipinski definition) is 4. The zero-order valence-corrected chi connectivity index (χ0v) is 11.2. The Morgan fingerprint density at radius 1 is 1.21 bits per heavy atom. The summed E-state index contributed by atoms with van der Waals surface area (Å²) in [5, 5.41) is 5.74. The summed E-state index contributed by atoms with van der Waals surface area (Å²) >= 11 is 0.